The molecule has 2 aromatic rings. The summed E-state index contributed by atoms with van der Waals surface area (Å²) in [6.07, 6.45) is 0. The fourth-order valence-corrected chi connectivity index (χ4v) is 12.5. The Hall–Kier alpha value is -1.90. The second-order valence-corrected chi connectivity index (χ2v) is 17.5. The van der Waals surface area contributed by atoms with Crippen LogP contribution in [0.15, 0.2) is 36.4 Å². The minimum absolute atomic E-state index is 0.500. The van der Waals surface area contributed by atoms with Crippen LogP contribution in [0.5, 0.6) is 23.0 Å². The lowest BCUT2D eigenvalue weighted by Gasteiger charge is -2.39. The Kier molecular flexibility index (Phi) is 5.31. The molecule has 0 bridgehead atoms. The molecule has 0 spiro atoms. The second-order valence-electron chi connectivity index (χ2n) is 10.3. The van der Waals surface area contributed by atoms with Crippen LogP contribution in [0, 0.1) is 0 Å². The number of rotatable bonds is 3. The van der Waals surface area contributed by atoms with Gasteiger partial charge in [0.2, 0.25) is 0 Å². The Balaban J connectivity index is 1.99. The van der Waals surface area contributed by atoms with Crippen LogP contribution in [0.25, 0.3) is 0 Å². The summed E-state index contributed by atoms with van der Waals surface area (Å²) in [6, 6.07) is 10.8. The largest absolute Gasteiger partial charge is 0.496 e. The van der Waals surface area contributed by atoms with E-state index in [2.05, 4.69) is 0 Å². The molecule has 2 aromatic carbocycles. The van der Waals surface area contributed by atoms with E-state index in [0.717, 1.165) is 0 Å². The predicted octanol–water partition coefficient (Wildman–Crippen LogP) is 5.41. The molecule has 0 aromatic heterocycles. The molecule has 4 rings (SSSR count). The van der Waals surface area contributed by atoms with Crippen molar-refractivity contribution < 1.29 is 28.1 Å². The van der Waals surface area contributed by atoms with Crippen LogP contribution in [-0.4, -0.2) is 36.2 Å². The Bertz CT molecular complexity index is 1070. The summed E-state index contributed by atoms with van der Waals surface area (Å²) in [4.78, 5) is 0. The van der Waals surface area contributed by atoms with E-state index in [4.69, 9.17) is 18.9 Å². The predicted molar refractivity (Wildman–Crippen MR) is 129 cm³/mol. The van der Waals surface area contributed by atoms with Gasteiger partial charge in [-0.05, 0) is 24.3 Å². The summed E-state index contributed by atoms with van der Waals surface area (Å²) < 4.78 is 54.0. The number of methoxy groups -OCH3 is 2. The number of benzene rings is 2. The fourth-order valence-electron chi connectivity index (χ4n) is 4.75. The summed E-state index contributed by atoms with van der Waals surface area (Å²) in [5.74, 6) is 0.190. The van der Waals surface area contributed by atoms with Crippen molar-refractivity contribution in [1.29, 1.82) is 0 Å². The highest BCUT2D eigenvalue weighted by atomic mass is 31.2. The van der Waals surface area contributed by atoms with Crippen LogP contribution in [0.4, 0.5) is 0 Å². The highest BCUT2D eigenvalue weighted by Gasteiger charge is 2.66. The first-order chi connectivity index (χ1) is 14.8. The van der Waals surface area contributed by atoms with Gasteiger partial charge in [-0.3, -0.25) is 0 Å². The molecule has 32 heavy (non-hydrogen) atoms. The zero-order valence-corrected chi connectivity index (χ0v) is 21.8. The van der Waals surface area contributed by atoms with Crippen LogP contribution in [0.2, 0.25) is 0 Å². The molecule has 2 aliphatic heterocycles. The zero-order valence-electron chi connectivity index (χ0n) is 20.0. The lowest BCUT2D eigenvalue weighted by Crippen LogP contribution is -2.41. The van der Waals surface area contributed by atoms with Gasteiger partial charge in [-0.25, -0.2) is 0 Å². The van der Waals surface area contributed by atoms with Gasteiger partial charge in [-0.1, -0.05) is 53.7 Å². The number of hydrogen-bond donors (Lipinski definition) is 0. The highest BCUT2D eigenvalue weighted by molar-refractivity contribution is 7.78. The molecule has 0 amide bonds. The van der Waals surface area contributed by atoms with Gasteiger partial charge in [0.25, 0.3) is 0 Å². The van der Waals surface area contributed by atoms with Crippen LogP contribution < -0.4 is 29.6 Å². The van der Waals surface area contributed by atoms with Crippen LogP contribution >= 0.6 is 14.3 Å². The topological polar surface area (TPSA) is 71.1 Å². The molecule has 1 unspecified atom stereocenters. The molecule has 174 valence electrons. The van der Waals surface area contributed by atoms with Gasteiger partial charge in [-0.2, -0.15) is 0 Å². The Morgan fingerprint density at radius 3 is 1.31 bits per heavy atom. The summed E-state index contributed by atoms with van der Waals surface area (Å²) in [7, 11) is -3.57. The molecule has 0 fully saturated rings. The summed E-state index contributed by atoms with van der Waals surface area (Å²) in [5.41, 5.74) is 0. The SMILES string of the molecule is COc1cccc2c1[P@](=O)(C(C)(C)C)C([C@H]1Oc3cccc(OC)c3[P@]1(=O)C(C)(C)C)O2. The summed E-state index contributed by atoms with van der Waals surface area (Å²) >= 11 is 0. The molecule has 0 N–H and O–H groups in total. The van der Waals surface area contributed by atoms with Crippen LogP contribution in [0.1, 0.15) is 41.5 Å². The average Bonchev–Trinajstić information content (AvgIpc) is 3.20. The third-order valence-electron chi connectivity index (χ3n) is 6.48. The lowest BCUT2D eigenvalue weighted by atomic mass is 10.2. The Morgan fingerprint density at radius 1 is 0.688 bits per heavy atom. The minimum atomic E-state index is -3.34. The number of hydrogen-bond acceptors (Lipinski definition) is 6. The standard InChI is InChI=1S/C24H32O6P2/c1-23(2,3)31(25)19-15(27-7)11-9-13-17(19)29-21(31)22-30-18-14-10-12-16(28-8)20(18)32(22,26)24(4,5)6/h9-14,21-22H,1-8H3/t21-,22?,31+,32+/m0/s1. The maximum absolute atomic E-state index is 15.0. The van der Waals surface area contributed by atoms with E-state index in [1.165, 1.54) is 0 Å². The monoisotopic (exact) mass is 478 g/mol. The van der Waals surface area contributed by atoms with Crippen molar-refractivity contribution in [3.05, 3.63) is 36.4 Å². The summed E-state index contributed by atoms with van der Waals surface area (Å²) in [5, 5.41) is -0.232. The summed E-state index contributed by atoms with van der Waals surface area (Å²) in [6.45, 7) is 11.6. The maximum Gasteiger partial charge on any atom is 0.199 e. The van der Waals surface area contributed by atoms with Crippen molar-refractivity contribution in [2.45, 2.75) is 63.5 Å². The van der Waals surface area contributed by atoms with E-state index in [-0.39, 0.29) is 0 Å². The van der Waals surface area contributed by atoms with Crippen molar-refractivity contribution in [2.24, 2.45) is 0 Å². The van der Waals surface area contributed by atoms with Gasteiger partial charge < -0.3 is 28.1 Å². The van der Waals surface area contributed by atoms with Gasteiger partial charge in [0, 0.05) is 10.3 Å². The number of fused-ring (bicyclic) bond motifs is 2. The van der Waals surface area contributed by atoms with Gasteiger partial charge in [-0.15, -0.1) is 0 Å². The van der Waals surface area contributed by atoms with Gasteiger partial charge in [0.15, 0.2) is 26.0 Å². The Labute approximate surface area is 190 Å². The average molecular weight is 478 g/mol. The fraction of sp³-hybridized carbons (Fsp3) is 0.500. The maximum atomic E-state index is 15.0. The third-order valence-corrected chi connectivity index (χ3v) is 15.1. The van der Waals surface area contributed by atoms with Gasteiger partial charge >= 0.3 is 0 Å². The van der Waals surface area contributed by atoms with Crippen molar-refractivity contribution in [2.75, 3.05) is 14.2 Å². The van der Waals surface area contributed by atoms with Crippen LogP contribution in [-0.2, 0) is 9.13 Å². The molecule has 0 saturated heterocycles. The molecule has 0 saturated carbocycles. The minimum Gasteiger partial charge on any atom is -0.496 e. The van der Waals surface area contributed by atoms with E-state index in [1.807, 2.05) is 53.7 Å². The molecular formula is C24H32O6P2. The zero-order chi connectivity index (χ0) is 23.7. The molecule has 2 heterocycles. The van der Waals surface area contributed by atoms with E-state index in [9.17, 15) is 0 Å². The van der Waals surface area contributed by atoms with Crippen molar-refractivity contribution in [3.63, 3.8) is 0 Å². The third kappa shape index (κ3) is 2.92. The molecule has 2 aliphatic rings. The number of ether oxygens (including phenoxy) is 4. The second kappa shape index (κ2) is 7.30. The van der Waals surface area contributed by atoms with Crippen molar-refractivity contribution in [1.82, 2.24) is 0 Å². The first-order valence-corrected chi connectivity index (χ1v) is 14.3. The van der Waals surface area contributed by atoms with Crippen molar-refractivity contribution in [3.8, 4) is 23.0 Å². The van der Waals surface area contributed by atoms with E-state index < -0.39 is 36.3 Å². The van der Waals surface area contributed by atoms with Gasteiger partial charge in [0.1, 0.15) is 23.0 Å². The van der Waals surface area contributed by atoms with E-state index >= 15 is 9.13 Å². The lowest BCUT2D eigenvalue weighted by molar-refractivity contribution is 0.162. The quantitative estimate of drug-likeness (QED) is 0.549. The molecule has 4 atom stereocenters. The highest BCUT2D eigenvalue weighted by Crippen LogP contribution is 2.76. The van der Waals surface area contributed by atoms with Crippen molar-refractivity contribution >= 4 is 24.9 Å². The molecular weight excluding hydrogens is 446 g/mol. The van der Waals surface area contributed by atoms with E-state index in [1.54, 1.807) is 38.5 Å². The van der Waals surface area contributed by atoms with E-state index in [0.29, 0.717) is 33.6 Å². The molecule has 0 radical (unpaired) electrons. The first-order valence-electron chi connectivity index (χ1n) is 10.7. The van der Waals surface area contributed by atoms with Crippen LogP contribution in [0.3, 0.4) is 0 Å². The molecule has 0 aliphatic carbocycles. The van der Waals surface area contributed by atoms with Gasteiger partial charge in [0.05, 0.1) is 24.8 Å². The first kappa shape index (κ1) is 23.3. The normalized spacial score (nSPS) is 29.0. The Morgan fingerprint density at radius 2 is 1.03 bits per heavy atom. The smallest absolute Gasteiger partial charge is 0.199 e. The molecule has 8 heteroatoms. The molecule has 6 nitrogen and oxygen atoms in total.